The van der Waals surface area contributed by atoms with Crippen LogP contribution in [0.15, 0.2) is 70.8 Å². The van der Waals surface area contributed by atoms with Gasteiger partial charge in [-0.05, 0) is 41.3 Å². The van der Waals surface area contributed by atoms with Gasteiger partial charge < -0.3 is 5.73 Å². The molecule has 8 heteroatoms. The van der Waals surface area contributed by atoms with E-state index in [4.69, 9.17) is 5.73 Å². The average molecular weight is 422 g/mol. The number of primary amides is 1. The van der Waals surface area contributed by atoms with Crippen molar-refractivity contribution in [1.29, 1.82) is 0 Å². The fourth-order valence-corrected chi connectivity index (χ4v) is 4.18. The van der Waals surface area contributed by atoms with E-state index in [9.17, 15) is 14.0 Å². The normalized spacial score (nSPS) is 12.2. The number of amides is 1. The number of para-hydroxylation sites is 1. The molecule has 0 saturated heterocycles. The Bertz CT molecular complexity index is 1240. The minimum Gasteiger partial charge on any atom is -0.368 e. The Morgan fingerprint density at radius 2 is 1.90 bits per heavy atom. The number of rotatable bonds is 7. The Morgan fingerprint density at radius 3 is 2.60 bits per heavy atom. The number of nitrogens with two attached hydrogens (primary N) is 1. The number of hydrogen-bond acceptors (Lipinski definition) is 5. The quantitative estimate of drug-likeness (QED) is 0.479. The molecule has 0 bridgehead atoms. The highest BCUT2D eigenvalue weighted by Crippen LogP contribution is 2.26. The molecule has 2 aromatic carbocycles. The van der Waals surface area contributed by atoms with Crippen molar-refractivity contribution < 1.29 is 9.18 Å². The van der Waals surface area contributed by atoms with Gasteiger partial charge in [0.25, 0.3) is 5.56 Å². The zero-order valence-electron chi connectivity index (χ0n) is 15.9. The number of halogens is 1. The average Bonchev–Trinajstić information content (AvgIpc) is 3.26. The summed E-state index contributed by atoms with van der Waals surface area (Å²) in [5, 5.41) is 5.78. The van der Waals surface area contributed by atoms with Crippen LogP contribution in [0, 0.1) is 5.82 Å². The molecule has 1 atom stereocenters. The van der Waals surface area contributed by atoms with E-state index in [1.54, 1.807) is 47.7 Å². The lowest BCUT2D eigenvalue weighted by molar-refractivity contribution is -0.118. The molecule has 2 heterocycles. The van der Waals surface area contributed by atoms with Crippen LogP contribution in [0.1, 0.15) is 22.3 Å². The summed E-state index contributed by atoms with van der Waals surface area (Å²) in [5.41, 5.74) is 6.48. The Morgan fingerprint density at radius 1 is 1.13 bits per heavy atom. The summed E-state index contributed by atoms with van der Waals surface area (Å²) in [4.78, 5) is 30.1. The van der Waals surface area contributed by atoms with Gasteiger partial charge in [0.2, 0.25) is 5.91 Å². The smallest absolute Gasteiger partial charge is 0.261 e. The van der Waals surface area contributed by atoms with Crippen LogP contribution in [-0.2, 0) is 17.9 Å². The van der Waals surface area contributed by atoms with E-state index in [0.29, 0.717) is 16.7 Å². The maximum atomic E-state index is 13.4. The van der Waals surface area contributed by atoms with Crippen LogP contribution in [-0.4, -0.2) is 15.5 Å². The molecule has 0 saturated carbocycles. The molecule has 2 aromatic heterocycles. The predicted octanol–water partition coefficient (Wildman–Crippen LogP) is 2.96. The molecule has 0 fully saturated rings. The topological polar surface area (TPSA) is 90.0 Å². The Kier molecular flexibility index (Phi) is 5.69. The van der Waals surface area contributed by atoms with Crippen molar-refractivity contribution in [2.45, 2.75) is 19.1 Å². The first-order chi connectivity index (χ1) is 14.5. The number of carbonyl (C=O) groups excluding carboxylic acids is 1. The molecule has 152 valence electrons. The number of thiophene rings is 1. The number of nitrogens with one attached hydrogen (secondary N) is 1. The second-order valence-corrected chi connectivity index (χ2v) is 7.76. The highest BCUT2D eigenvalue weighted by atomic mass is 32.1. The van der Waals surface area contributed by atoms with E-state index in [0.717, 1.165) is 10.4 Å². The van der Waals surface area contributed by atoms with E-state index in [1.807, 2.05) is 17.5 Å². The van der Waals surface area contributed by atoms with Gasteiger partial charge in [-0.3, -0.25) is 19.5 Å². The SMILES string of the molecule is NC(=O)Cn1c(CN[C@H](c2ccc(F)cc2)c2cccs2)nc2ccccc2c1=O. The van der Waals surface area contributed by atoms with Gasteiger partial charge in [0.05, 0.1) is 23.5 Å². The molecule has 0 aliphatic heterocycles. The van der Waals surface area contributed by atoms with Crippen LogP contribution < -0.4 is 16.6 Å². The van der Waals surface area contributed by atoms with E-state index in [2.05, 4.69) is 10.3 Å². The highest BCUT2D eigenvalue weighted by Gasteiger charge is 2.18. The van der Waals surface area contributed by atoms with Gasteiger partial charge in [-0.15, -0.1) is 11.3 Å². The molecule has 0 spiro atoms. The van der Waals surface area contributed by atoms with Gasteiger partial charge >= 0.3 is 0 Å². The van der Waals surface area contributed by atoms with E-state index < -0.39 is 5.91 Å². The molecule has 0 aliphatic rings. The molecule has 4 aromatic rings. The lowest BCUT2D eigenvalue weighted by Crippen LogP contribution is -2.34. The van der Waals surface area contributed by atoms with Crippen LogP contribution in [0.4, 0.5) is 4.39 Å². The summed E-state index contributed by atoms with van der Waals surface area (Å²) in [7, 11) is 0. The van der Waals surface area contributed by atoms with Crippen LogP contribution in [0.3, 0.4) is 0 Å². The van der Waals surface area contributed by atoms with Crippen molar-refractivity contribution in [1.82, 2.24) is 14.9 Å². The summed E-state index contributed by atoms with van der Waals surface area (Å²) in [6, 6.07) is 16.9. The number of hydrogen-bond donors (Lipinski definition) is 2. The molecule has 0 unspecified atom stereocenters. The van der Waals surface area contributed by atoms with Crippen LogP contribution in [0.2, 0.25) is 0 Å². The summed E-state index contributed by atoms with van der Waals surface area (Å²) in [6.45, 7) is -0.0405. The summed E-state index contributed by atoms with van der Waals surface area (Å²) in [5.74, 6) is -0.528. The number of fused-ring (bicyclic) bond motifs is 1. The van der Waals surface area contributed by atoms with Gasteiger partial charge in [0, 0.05) is 4.88 Å². The molecular formula is C22H19FN4O2S. The first-order valence-electron chi connectivity index (χ1n) is 9.32. The molecule has 30 heavy (non-hydrogen) atoms. The van der Waals surface area contributed by atoms with Gasteiger partial charge in [-0.25, -0.2) is 9.37 Å². The fourth-order valence-electron chi connectivity index (χ4n) is 3.35. The molecule has 6 nitrogen and oxygen atoms in total. The minimum absolute atomic E-state index is 0.216. The van der Waals surface area contributed by atoms with Crippen molar-refractivity contribution in [2.75, 3.05) is 0 Å². The van der Waals surface area contributed by atoms with E-state index >= 15 is 0 Å². The van der Waals surface area contributed by atoms with Crippen molar-refractivity contribution in [3.05, 3.63) is 98.5 Å². The van der Waals surface area contributed by atoms with Crippen LogP contribution in [0.25, 0.3) is 10.9 Å². The van der Waals surface area contributed by atoms with Crippen molar-refractivity contribution >= 4 is 28.1 Å². The molecule has 1 amide bonds. The molecule has 4 rings (SSSR count). The number of nitrogens with zero attached hydrogens (tertiary/aromatic N) is 2. The largest absolute Gasteiger partial charge is 0.368 e. The summed E-state index contributed by atoms with van der Waals surface area (Å²) < 4.78 is 14.7. The molecule has 3 N–H and O–H groups in total. The van der Waals surface area contributed by atoms with Gasteiger partial charge in [0.1, 0.15) is 18.2 Å². The Labute approximate surface area is 175 Å². The monoisotopic (exact) mass is 422 g/mol. The molecular weight excluding hydrogens is 403 g/mol. The van der Waals surface area contributed by atoms with Crippen molar-refractivity contribution in [2.24, 2.45) is 5.73 Å². The zero-order chi connectivity index (χ0) is 21.1. The van der Waals surface area contributed by atoms with Gasteiger partial charge in [-0.2, -0.15) is 0 Å². The Hall–Kier alpha value is -3.36. The third-order valence-corrected chi connectivity index (χ3v) is 5.69. The van der Waals surface area contributed by atoms with Crippen LogP contribution >= 0.6 is 11.3 Å². The summed E-state index contributed by atoms with van der Waals surface area (Å²) >= 11 is 1.57. The minimum atomic E-state index is -0.622. The molecule has 0 aliphatic carbocycles. The lowest BCUT2D eigenvalue weighted by atomic mass is 10.1. The lowest BCUT2D eigenvalue weighted by Gasteiger charge is -2.20. The molecule has 0 radical (unpaired) electrons. The zero-order valence-corrected chi connectivity index (χ0v) is 16.7. The first-order valence-corrected chi connectivity index (χ1v) is 10.2. The van der Waals surface area contributed by atoms with Crippen molar-refractivity contribution in [3.8, 4) is 0 Å². The van der Waals surface area contributed by atoms with Gasteiger partial charge in [0.15, 0.2) is 0 Å². The number of carbonyl (C=O) groups is 1. The third kappa shape index (κ3) is 4.14. The first kappa shape index (κ1) is 19.9. The van der Waals surface area contributed by atoms with Crippen molar-refractivity contribution in [3.63, 3.8) is 0 Å². The second-order valence-electron chi connectivity index (χ2n) is 6.78. The second kappa shape index (κ2) is 8.56. The maximum Gasteiger partial charge on any atom is 0.261 e. The summed E-state index contributed by atoms with van der Waals surface area (Å²) in [6.07, 6.45) is 0. The van der Waals surface area contributed by atoms with Gasteiger partial charge in [-0.1, -0.05) is 30.3 Å². The highest BCUT2D eigenvalue weighted by molar-refractivity contribution is 7.10. The standard InChI is InChI=1S/C22H19FN4O2S/c23-15-9-7-14(8-10-15)21(18-6-3-11-30-18)25-12-20-26-17-5-2-1-4-16(17)22(29)27(20)13-19(24)28/h1-11,21,25H,12-13H2,(H2,24,28)/t21-/m1/s1. The van der Waals surface area contributed by atoms with E-state index in [1.165, 1.54) is 16.7 Å². The third-order valence-electron chi connectivity index (χ3n) is 4.75. The van der Waals surface area contributed by atoms with Crippen LogP contribution in [0.5, 0.6) is 0 Å². The number of benzene rings is 2. The Balaban J connectivity index is 1.72. The fraction of sp³-hybridized carbons (Fsp3) is 0.136. The predicted molar refractivity (Wildman–Crippen MR) is 115 cm³/mol. The van der Waals surface area contributed by atoms with E-state index in [-0.39, 0.29) is 30.5 Å². The number of aromatic nitrogens is 2. The maximum absolute atomic E-state index is 13.4.